The third-order valence-electron chi connectivity index (χ3n) is 4.04. The fourth-order valence-corrected chi connectivity index (χ4v) is 3.78. The van der Waals surface area contributed by atoms with Crippen LogP contribution in [0, 0.1) is 0 Å². The zero-order valence-corrected chi connectivity index (χ0v) is 17.3. The summed E-state index contributed by atoms with van der Waals surface area (Å²) in [4.78, 5) is 12.5. The Labute approximate surface area is 169 Å². The van der Waals surface area contributed by atoms with Gasteiger partial charge in [-0.25, -0.2) is 13.8 Å². The second kappa shape index (κ2) is 9.28. The van der Waals surface area contributed by atoms with E-state index in [0.29, 0.717) is 17.0 Å². The third-order valence-corrected chi connectivity index (χ3v) is 5.29. The third kappa shape index (κ3) is 5.38. The van der Waals surface area contributed by atoms with Crippen LogP contribution in [-0.4, -0.2) is 52.2 Å². The molecule has 0 aliphatic heterocycles. The number of methoxy groups -OCH3 is 2. The van der Waals surface area contributed by atoms with Crippen molar-refractivity contribution >= 4 is 27.8 Å². The average Bonchev–Trinajstić information content (AvgIpc) is 2.68. The van der Waals surface area contributed by atoms with E-state index in [0.717, 1.165) is 10.6 Å². The number of carbonyl (C=O) groups is 1. The van der Waals surface area contributed by atoms with E-state index in [-0.39, 0.29) is 11.5 Å². The molecule has 9 nitrogen and oxygen atoms in total. The number of ether oxygens (including phenoxy) is 2. The Kier molecular flexibility index (Phi) is 7.05. The number of phenolic OH excluding ortho intramolecular Hbond substituents is 1. The van der Waals surface area contributed by atoms with E-state index in [1.807, 2.05) is 0 Å². The minimum Gasteiger partial charge on any atom is -0.504 e. The molecular weight excluding hydrogens is 398 g/mol. The van der Waals surface area contributed by atoms with Crippen LogP contribution in [0.15, 0.2) is 47.6 Å². The summed E-state index contributed by atoms with van der Waals surface area (Å²) in [5.41, 5.74) is 2.93. The van der Waals surface area contributed by atoms with Gasteiger partial charge in [-0.15, -0.1) is 0 Å². The van der Waals surface area contributed by atoms with Gasteiger partial charge in [0, 0.05) is 5.56 Å². The molecule has 2 aromatic rings. The smallest absolute Gasteiger partial charge is 0.263 e. The number of para-hydroxylation sites is 1. The lowest BCUT2D eigenvalue weighted by Crippen LogP contribution is -2.46. The SMILES string of the molecule is COc1ccc(N([C@H](C)C(=O)N/N=C/c2cccc(OC)c2O)S(C)(=O)=O)cc1. The highest BCUT2D eigenvalue weighted by Crippen LogP contribution is 2.28. The standard InChI is InChI=1S/C19H23N3O6S/c1-13(22(29(4,25)26)15-8-10-16(27-2)11-9-15)19(24)21-20-12-14-6-5-7-17(28-3)18(14)23/h5-13,23H,1-4H3,(H,21,24)/b20-12+/t13-/m1/s1. The van der Waals surface area contributed by atoms with Gasteiger partial charge in [-0.2, -0.15) is 5.10 Å². The number of amides is 1. The van der Waals surface area contributed by atoms with Crippen molar-refractivity contribution in [2.24, 2.45) is 5.10 Å². The Bertz CT molecular complexity index is 990. The number of hydrogen-bond donors (Lipinski definition) is 2. The number of aromatic hydroxyl groups is 1. The molecule has 156 valence electrons. The first kappa shape index (κ1) is 22.0. The number of hydrazone groups is 1. The van der Waals surface area contributed by atoms with Gasteiger partial charge < -0.3 is 14.6 Å². The van der Waals surface area contributed by atoms with Crippen LogP contribution in [-0.2, 0) is 14.8 Å². The monoisotopic (exact) mass is 421 g/mol. The Hall–Kier alpha value is -3.27. The number of carbonyl (C=O) groups excluding carboxylic acids is 1. The minimum absolute atomic E-state index is 0.128. The molecule has 0 radical (unpaired) electrons. The summed E-state index contributed by atoms with van der Waals surface area (Å²) in [6.07, 6.45) is 2.25. The molecule has 0 aliphatic carbocycles. The first-order valence-corrected chi connectivity index (χ1v) is 10.4. The summed E-state index contributed by atoms with van der Waals surface area (Å²) in [5.74, 6) is 0.0420. The summed E-state index contributed by atoms with van der Waals surface area (Å²) in [6, 6.07) is 10.0. The number of sulfonamides is 1. The van der Waals surface area contributed by atoms with Crippen LogP contribution >= 0.6 is 0 Å². The second-order valence-electron chi connectivity index (χ2n) is 6.07. The van der Waals surface area contributed by atoms with Crippen LogP contribution in [0.3, 0.4) is 0 Å². The number of phenols is 1. The highest BCUT2D eigenvalue weighted by molar-refractivity contribution is 7.92. The van der Waals surface area contributed by atoms with Crippen molar-refractivity contribution in [2.75, 3.05) is 24.8 Å². The molecular formula is C19H23N3O6S. The zero-order chi connectivity index (χ0) is 21.6. The summed E-state index contributed by atoms with van der Waals surface area (Å²) in [5, 5.41) is 13.8. The van der Waals surface area contributed by atoms with Crippen molar-refractivity contribution in [3.05, 3.63) is 48.0 Å². The Morgan fingerprint density at radius 3 is 2.38 bits per heavy atom. The van der Waals surface area contributed by atoms with Crippen LogP contribution in [0.2, 0.25) is 0 Å². The first-order chi connectivity index (χ1) is 13.7. The van der Waals surface area contributed by atoms with Gasteiger partial charge in [-0.05, 0) is 43.3 Å². The van der Waals surface area contributed by atoms with Crippen molar-refractivity contribution in [3.63, 3.8) is 0 Å². The van der Waals surface area contributed by atoms with Crippen LogP contribution in [0.5, 0.6) is 17.2 Å². The predicted molar refractivity (Wildman–Crippen MR) is 110 cm³/mol. The molecule has 1 atom stereocenters. The summed E-state index contributed by atoms with van der Waals surface area (Å²) in [6.45, 7) is 1.44. The first-order valence-electron chi connectivity index (χ1n) is 8.51. The Morgan fingerprint density at radius 1 is 1.17 bits per heavy atom. The molecule has 0 bridgehead atoms. The van der Waals surface area contributed by atoms with Gasteiger partial charge in [0.15, 0.2) is 11.5 Å². The highest BCUT2D eigenvalue weighted by atomic mass is 32.2. The zero-order valence-electron chi connectivity index (χ0n) is 16.5. The Balaban J connectivity index is 2.19. The molecule has 1 amide bonds. The maximum absolute atomic E-state index is 12.5. The van der Waals surface area contributed by atoms with Crippen LogP contribution in [0.1, 0.15) is 12.5 Å². The maximum Gasteiger partial charge on any atom is 0.263 e. The largest absolute Gasteiger partial charge is 0.504 e. The summed E-state index contributed by atoms with van der Waals surface area (Å²) < 4.78 is 35.6. The molecule has 0 saturated heterocycles. The number of hydrogen-bond acceptors (Lipinski definition) is 7. The van der Waals surface area contributed by atoms with Crippen LogP contribution < -0.4 is 19.2 Å². The average molecular weight is 421 g/mol. The van der Waals surface area contributed by atoms with Crippen molar-refractivity contribution in [2.45, 2.75) is 13.0 Å². The molecule has 0 heterocycles. The minimum atomic E-state index is -3.75. The van der Waals surface area contributed by atoms with Crippen molar-refractivity contribution in [3.8, 4) is 17.2 Å². The molecule has 0 saturated carbocycles. The molecule has 0 spiro atoms. The van der Waals surface area contributed by atoms with E-state index in [1.165, 1.54) is 27.4 Å². The molecule has 0 aliphatic rings. The molecule has 29 heavy (non-hydrogen) atoms. The van der Waals surface area contributed by atoms with Gasteiger partial charge in [-0.3, -0.25) is 9.10 Å². The molecule has 0 fully saturated rings. The number of nitrogens with one attached hydrogen (secondary N) is 1. The number of anilines is 1. The fourth-order valence-electron chi connectivity index (χ4n) is 2.60. The van der Waals surface area contributed by atoms with Gasteiger partial charge in [0.2, 0.25) is 10.0 Å². The van der Waals surface area contributed by atoms with E-state index in [9.17, 15) is 18.3 Å². The van der Waals surface area contributed by atoms with E-state index >= 15 is 0 Å². The van der Waals surface area contributed by atoms with E-state index in [2.05, 4.69) is 10.5 Å². The Morgan fingerprint density at radius 2 is 1.83 bits per heavy atom. The molecule has 0 aromatic heterocycles. The molecule has 2 N–H and O–H groups in total. The second-order valence-corrected chi connectivity index (χ2v) is 7.92. The lowest BCUT2D eigenvalue weighted by atomic mass is 10.2. The van der Waals surface area contributed by atoms with Gasteiger partial charge in [-0.1, -0.05) is 6.07 Å². The van der Waals surface area contributed by atoms with E-state index < -0.39 is 22.0 Å². The van der Waals surface area contributed by atoms with Gasteiger partial charge in [0.1, 0.15) is 11.8 Å². The van der Waals surface area contributed by atoms with Crippen molar-refractivity contribution in [1.82, 2.24) is 5.43 Å². The van der Waals surface area contributed by atoms with E-state index in [1.54, 1.807) is 42.5 Å². The van der Waals surface area contributed by atoms with Gasteiger partial charge in [0.05, 0.1) is 32.4 Å². The van der Waals surface area contributed by atoms with Crippen molar-refractivity contribution in [1.29, 1.82) is 0 Å². The lowest BCUT2D eigenvalue weighted by molar-refractivity contribution is -0.121. The molecule has 2 rings (SSSR count). The number of rotatable bonds is 8. The number of nitrogens with zero attached hydrogens (tertiary/aromatic N) is 2. The van der Waals surface area contributed by atoms with Crippen LogP contribution in [0.25, 0.3) is 0 Å². The van der Waals surface area contributed by atoms with Gasteiger partial charge >= 0.3 is 0 Å². The van der Waals surface area contributed by atoms with Crippen LogP contribution in [0.4, 0.5) is 5.69 Å². The predicted octanol–water partition coefficient (Wildman–Crippen LogP) is 1.71. The molecule has 10 heteroatoms. The number of benzene rings is 2. The van der Waals surface area contributed by atoms with Crippen molar-refractivity contribution < 1.29 is 27.8 Å². The highest BCUT2D eigenvalue weighted by Gasteiger charge is 2.29. The summed E-state index contributed by atoms with van der Waals surface area (Å²) in [7, 11) is -0.839. The topological polar surface area (TPSA) is 118 Å². The quantitative estimate of drug-likeness (QED) is 0.495. The lowest BCUT2D eigenvalue weighted by Gasteiger charge is -2.27. The molecule has 2 aromatic carbocycles. The normalized spacial score (nSPS) is 12.4. The molecule has 0 unspecified atom stereocenters. The van der Waals surface area contributed by atoms with Gasteiger partial charge in [0.25, 0.3) is 5.91 Å². The fraction of sp³-hybridized carbons (Fsp3) is 0.263. The maximum atomic E-state index is 12.5. The van der Waals surface area contributed by atoms with E-state index in [4.69, 9.17) is 9.47 Å². The summed E-state index contributed by atoms with van der Waals surface area (Å²) >= 11 is 0.